The van der Waals surface area contributed by atoms with Crippen molar-refractivity contribution in [3.05, 3.63) is 151 Å². The Hall–Kier alpha value is -4.69. The third-order valence-corrected chi connectivity index (χ3v) is 6.34. The lowest BCUT2D eigenvalue weighted by molar-refractivity contribution is 1.46. The highest BCUT2D eigenvalue weighted by Gasteiger charge is 2.07. The van der Waals surface area contributed by atoms with Crippen LogP contribution >= 0.6 is 0 Å². The summed E-state index contributed by atoms with van der Waals surface area (Å²) in [5.74, 6) is 0. The van der Waals surface area contributed by atoms with E-state index in [1.54, 1.807) is 0 Å². The average molecular weight is 465 g/mol. The molecule has 0 aliphatic heterocycles. The molecule has 2 heteroatoms. The Balaban J connectivity index is 1.48. The van der Waals surface area contributed by atoms with Crippen LogP contribution in [-0.4, -0.2) is 5.71 Å². The van der Waals surface area contributed by atoms with E-state index in [0.717, 1.165) is 50.5 Å². The van der Waals surface area contributed by atoms with Crippen LogP contribution in [-0.2, 0) is 0 Å². The fourth-order valence-corrected chi connectivity index (χ4v) is 4.25. The molecule has 0 bridgehead atoms. The van der Waals surface area contributed by atoms with Crippen molar-refractivity contribution in [1.29, 1.82) is 0 Å². The minimum Gasteiger partial charge on any atom is -0.399 e. The van der Waals surface area contributed by atoms with E-state index >= 15 is 0 Å². The van der Waals surface area contributed by atoms with Gasteiger partial charge in [0.25, 0.3) is 0 Å². The molecule has 0 atom stereocenters. The molecule has 0 aromatic heterocycles. The first kappa shape index (κ1) is 23.1. The fourth-order valence-electron chi connectivity index (χ4n) is 4.25. The number of nitrogens with zero attached hydrogens (tertiary/aromatic N) is 1. The molecule has 0 fully saturated rings. The monoisotopic (exact) mass is 464 g/mol. The minimum absolute atomic E-state index is 0.767. The SMILES string of the molecule is C=C(/C=C(\N=C(C)c1ccc(-c2ccc(N)cc2)cc1)c1ccccc1)c1ccc2ccccc2c1. The zero-order chi connectivity index (χ0) is 24.9. The second kappa shape index (κ2) is 10.3. The summed E-state index contributed by atoms with van der Waals surface area (Å²) >= 11 is 0. The van der Waals surface area contributed by atoms with Crippen molar-refractivity contribution >= 4 is 33.4 Å². The van der Waals surface area contributed by atoms with Gasteiger partial charge in [-0.15, -0.1) is 0 Å². The van der Waals surface area contributed by atoms with Gasteiger partial charge < -0.3 is 5.73 Å². The quantitative estimate of drug-likeness (QED) is 0.152. The molecule has 0 radical (unpaired) electrons. The highest BCUT2D eigenvalue weighted by atomic mass is 14.8. The number of fused-ring (bicyclic) bond motifs is 1. The smallest absolute Gasteiger partial charge is 0.0711 e. The number of anilines is 1. The molecule has 0 amide bonds. The number of hydrogen-bond acceptors (Lipinski definition) is 2. The van der Waals surface area contributed by atoms with Gasteiger partial charge >= 0.3 is 0 Å². The molecule has 0 aliphatic rings. The third kappa shape index (κ3) is 5.18. The van der Waals surface area contributed by atoms with Crippen molar-refractivity contribution in [3.8, 4) is 11.1 Å². The number of hydrogen-bond donors (Lipinski definition) is 1. The van der Waals surface area contributed by atoms with E-state index in [4.69, 9.17) is 10.7 Å². The van der Waals surface area contributed by atoms with Crippen molar-refractivity contribution in [1.82, 2.24) is 0 Å². The number of nitrogens with two attached hydrogens (primary N) is 1. The molecule has 5 rings (SSSR count). The van der Waals surface area contributed by atoms with E-state index in [1.807, 2.05) is 49.4 Å². The van der Waals surface area contributed by atoms with Crippen LogP contribution in [0, 0.1) is 0 Å². The molecule has 5 aromatic carbocycles. The van der Waals surface area contributed by atoms with Crippen LogP contribution in [0.15, 0.2) is 139 Å². The van der Waals surface area contributed by atoms with Gasteiger partial charge in [0, 0.05) is 17.0 Å². The topological polar surface area (TPSA) is 38.4 Å². The maximum Gasteiger partial charge on any atom is 0.0711 e. The highest BCUT2D eigenvalue weighted by Crippen LogP contribution is 2.27. The molecule has 0 spiro atoms. The average Bonchev–Trinajstić information content (AvgIpc) is 2.93. The first-order chi connectivity index (χ1) is 17.6. The van der Waals surface area contributed by atoms with Gasteiger partial charge in [0.05, 0.1) is 5.70 Å². The summed E-state index contributed by atoms with van der Waals surface area (Å²) < 4.78 is 0. The van der Waals surface area contributed by atoms with Crippen LogP contribution in [0.2, 0.25) is 0 Å². The molecule has 174 valence electrons. The van der Waals surface area contributed by atoms with Crippen molar-refractivity contribution in [2.75, 3.05) is 5.73 Å². The number of allylic oxidation sites excluding steroid dienone is 2. The Morgan fingerprint density at radius 2 is 1.22 bits per heavy atom. The van der Waals surface area contributed by atoms with E-state index in [0.29, 0.717) is 0 Å². The summed E-state index contributed by atoms with van der Waals surface area (Å²) in [6, 6.07) is 41.5. The molecule has 5 aromatic rings. The summed E-state index contributed by atoms with van der Waals surface area (Å²) in [7, 11) is 0. The van der Waals surface area contributed by atoms with Crippen LogP contribution in [0.25, 0.3) is 33.2 Å². The van der Waals surface area contributed by atoms with Crippen LogP contribution in [0.3, 0.4) is 0 Å². The van der Waals surface area contributed by atoms with Gasteiger partial charge in [-0.1, -0.05) is 110 Å². The van der Waals surface area contributed by atoms with E-state index in [2.05, 4.69) is 91.5 Å². The van der Waals surface area contributed by atoms with Gasteiger partial charge in [0.15, 0.2) is 0 Å². The van der Waals surface area contributed by atoms with E-state index < -0.39 is 0 Å². The Morgan fingerprint density at radius 1 is 0.639 bits per heavy atom. The predicted octanol–water partition coefficient (Wildman–Crippen LogP) is 8.65. The van der Waals surface area contributed by atoms with Crippen LogP contribution in [0.1, 0.15) is 23.6 Å². The first-order valence-corrected chi connectivity index (χ1v) is 12.0. The lowest BCUT2D eigenvalue weighted by Gasteiger charge is -2.09. The van der Waals surface area contributed by atoms with Crippen LogP contribution < -0.4 is 5.73 Å². The summed E-state index contributed by atoms with van der Waals surface area (Å²) in [4.78, 5) is 5.06. The van der Waals surface area contributed by atoms with Crippen LogP contribution in [0.5, 0.6) is 0 Å². The van der Waals surface area contributed by atoms with Crippen molar-refractivity contribution in [2.45, 2.75) is 6.92 Å². The Morgan fingerprint density at radius 3 is 1.92 bits per heavy atom. The highest BCUT2D eigenvalue weighted by molar-refractivity contribution is 6.03. The van der Waals surface area contributed by atoms with Gasteiger partial charge in [-0.25, -0.2) is 0 Å². The normalized spacial score (nSPS) is 12.0. The summed E-state index contributed by atoms with van der Waals surface area (Å²) in [6.45, 7) is 6.42. The second-order valence-corrected chi connectivity index (χ2v) is 8.88. The number of benzene rings is 5. The maximum atomic E-state index is 5.83. The van der Waals surface area contributed by atoms with Gasteiger partial charge in [-0.3, -0.25) is 4.99 Å². The predicted molar refractivity (Wildman–Crippen MR) is 156 cm³/mol. The van der Waals surface area contributed by atoms with Crippen LogP contribution in [0.4, 0.5) is 5.69 Å². The van der Waals surface area contributed by atoms with Crippen molar-refractivity contribution in [3.63, 3.8) is 0 Å². The number of rotatable bonds is 6. The second-order valence-electron chi connectivity index (χ2n) is 8.88. The standard InChI is InChI=1S/C34H28N2/c1-24(31-17-16-27-8-6-7-11-32(27)23-31)22-34(30-9-4-3-5-10-30)36-25(2)26-12-14-28(15-13-26)29-18-20-33(35)21-19-29/h3-23H,1,35H2,2H3/b34-22-,36-25?. The van der Waals surface area contributed by atoms with E-state index in [9.17, 15) is 0 Å². The Labute approximate surface area is 212 Å². The largest absolute Gasteiger partial charge is 0.399 e. The maximum absolute atomic E-state index is 5.83. The lowest BCUT2D eigenvalue weighted by atomic mass is 10.00. The molecule has 0 saturated heterocycles. The zero-order valence-electron chi connectivity index (χ0n) is 20.4. The van der Waals surface area contributed by atoms with Crippen molar-refractivity contribution < 1.29 is 0 Å². The molecule has 0 unspecified atom stereocenters. The van der Waals surface area contributed by atoms with E-state index in [1.165, 1.54) is 10.8 Å². The summed E-state index contributed by atoms with van der Waals surface area (Å²) in [5.41, 5.74) is 14.9. The molecule has 0 heterocycles. The Kier molecular flexibility index (Phi) is 6.59. The fraction of sp³-hybridized carbons (Fsp3) is 0.0294. The Bertz CT molecular complexity index is 1570. The van der Waals surface area contributed by atoms with Gasteiger partial charge in [0.2, 0.25) is 0 Å². The molecule has 0 saturated carbocycles. The third-order valence-electron chi connectivity index (χ3n) is 6.34. The molecule has 36 heavy (non-hydrogen) atoms. The lowest BCUT2D eigenvalue weighted by Crippen LogP contribution is -1.96. The minimum atomic E-state index is 0.767. The molecule has 0 aliphatic carbocycles. The van der Waals surface area contributed by atoms with Crippen molar-refractivity contribution in [2.24, 2.45) is 4.99 Å². The molecular formula is C34H28N2. The van der Waals surface area contributed by atoms with E-state index in [-0.39, 0.29) is 0 Å². The molecule has 2 nitrogen and oxygen atoms in total. The summed E-state index contributed by atoms with van der Waals surface area (Å²) in [5, 5.41) is 2.42. The van der Waals surface area contributed by atoms with Gasteiger partial charge in [-0.05, 0) is 69.8 Å². The molecule has 2 N–H and O–H groups in total. The zero-order valence-corrected chi connectivity index (χ0v) is 20.4. The number of nitrogen functional groups attached to an aromatic ring is 1. The number of aliphatic imine (C=N–C) groups is 1. The van der Waals surface area contributed by atoms with Gasteiger partial charge in [-0.2, -0.15) is 0 Å². The summed E-state index contributed by atoms with van der Waals surface area (Å²) in [6.07, 6.45) is 2.08. The molecular weight excluding hydrogens is 436 g/mol. The first-order valence-electron chi connectivity index (χ1n) is 12.0. The van der Waals surface area contributed by atoms with Gasteiger partial charge in [0.1, 0.15) is 0 Å².